The molecule has 0 radical (unpaired) electrons. The van der Waals surface area contributed by atoms with Gasteiger partial charge in [0.2, 0.25) is 17.7 Å². The van der Waals surface area contributed by atoms with Crippen molar-refractivity contribution in [2.75, 3.05) is 37.8 Å². The molecule has 2 N–H and O–H groups in total. The van der Waals surface area contributed by atoms with Crippen molar-refractivity contribution in [2.45, 2.75) is 86.5 Å². The molecule has 2 bridgehead atoms. The SMILES string of the molecule is CSc1cccc(NC(=O)C2C3C=CC4(O3)C2C(=O)N(CCN2CCCCCC2)C4C(=O)NC2CCCCC2)c1. The molecule has 216 valence electrons. The van der Waals surface area contributed by atoms with Crippen molar-refractivity contribution < 1.29 is 19.1 Å². The summed E-state index contributed by atoms with van der Waals surface area (Å²) in [5.74, 6) is -1.89. The van der Waals surface area contributed by atoms with Crippen molar-refractivity contribution in [3.63, 3.8) is 0 Å². The van der Waals surface area contributed by atoms with E-state index in [-0.39, 0.29) is 23.8 Å². The number of rotatable bonds is 8. The van der Waals surface area contributed by atoms with Crippen molar-refractivity contribution in [1.82, 2.24) is 15.1 Å². The maximum atomic E-state index is 14.2. The number of fused-ring (bicyclic) bond motifs is 1. The lowest BCUT2D eigenvalue weighted by Crippen LogP contribution is -2.57. The Hall–Kier alpha value is -2.36. The van der Waals surface area contributed by atoms with Gasteiger partial charge >= 0.3 is 0 Å². The van der Waals surface area contributed by atoms with Gasteiger partial charge in [-0.15, -0.1) is 11.8 Å². The molecule has 5 unspecified atom stereocenters. The average Bonchev–Trinajstić information content (AvgIpc) is 3.51. The summed E-state index contributed by atoms with van der Waals surface area (Å²) in [6.07, 6.45) is 15.5. The van der Waals surface area contributed by atoms with Gasteiger partial charge in [0.1, 0.15) is 11.6 Å². The first kappa shape index (κ1) is 27.8. The summed E-state index contributed by atoms with van der Waals surface area (Å²) in [6.45, 7) is 3.24. The van der Waals surface area contributed by atoms with Gasteiger partial charge in [0.05, 0.1) is 17.9 Å². The number of carbonyl (C=O) groups is 3. The lowest BCUT2D eigenvalue weighted by atomic mass is 9.74. The lowest BCUT2D eigenvalue weighted by molar-refractivity contribution is -0.141. The number of benzene rings is 1. The number of amides is 3. The number of anilines is 1. The fraction of sp³-hybridized carbons (Fsp3) is 0.645. The van der Waals surface area contributed by atoms with Crippen molar-refractivity contribution in [1.29, 1.82) is 0 Å². The number of carbonyl (C=O) groups excluding carboxylic acids is 3. The minimum atomic E-state index is -1.11. The number of thioether (sulfide) groups is 1. The van der Waals surface area contributed by atoms with E-state index in [1.165, 1.54) is 32.1 Å². The van der Waals surface area contributed by atoms with Crippen LogP contribution in [0.25, 0.3) is 0 Å². The third-order valence-corrected chi connectivity index (χ3v) is 10.3. The summed E-state index contributed by atoms with van der Waals surface area (Å²) >= 11 is 1.61. The Bertz CT molecular complexity index is 1150. The predicted octanol–water partition coefficient (Wildman–Crippen LogP) is 3.82. The van der Waals surface area contributed by atoms with Crippen LogP contribution in [0.15, 0.2) is 41.3 Å². The molecule has 5 atom stereocenters. The summed E-state index contributed by atoms with van der Waals surface area (Å²) in [5.41, 5.74) is -0.407. The summed E-state index contributed by atoms with van der Waals surface area (Å²) < 4.78 is 6.52. The first-order valence-corrected chi connectivity index (χ1v) is 16.4. The Labute approximate surface area is 241 Å². The topological polar surface area (TPSA) is 91.0 Å². The smallest absolute Gasteiger partial charge is 0.246 e. The Kier molecular flexibility index (Phi) is 8.24. The predicted molar refractivity (Wildman–Crippen MR) is 156 cm³/mol. The van der Waals surface area contributed by atoms with E-state index in [0.717, 1.165) is 50.2 Å². The molecule has 1 aliphatic carbocycles. The van der Waals surface area contributed by atoms with E-state index in [4.69, 9.17) is 4.74 Å². The molecule has 1 aromatic carbocycles. The Morgan fingerprint density at radius 1 is 1.02 bits per heavy atom. The van der Waals surface area contributed by atoms with E-state index in [1.807, 2.05) is 42.7 Å². The maximum Gasteiger partial charge on any atom is 0.246 e. The zero-order valence-electron chi connectivity index (χ0n) is 23.5. The van der Waals surface area contributed by atoms with E-state index in [0.29, 0.717) is 12.2 Å². The maximum absolute atomic E-state index is 14.2. The number of nitrogens with one attached hydrogen (secondary N) is 2. The largest absolute Gasteiger partial charge is 0.359 e. The standard InChI is InChI=1S/C31H42N4O4S/c1-40-23-13-9-12-22(20-23)33-28(36)25-24-14-15-31(39-24)26(25)30(38)35(19-18-34-16-7-2-3-8-17-34)27(31)29(37)32-21-10-5-4-6-11-21/h9,12-15,20-21,24-27H,2-8,10-11,16-19H2,1H3,(H,32,37)(H,33,36). The summed E-state index contributed by atoms with van der Waals surface area (Å²) in [4.78, 5) is 47.2. The van der Waals surface area contributed by atoms with Gasteiger partial charge in [-0.05, 0) is 63.2 Å². The fourth-order valence-electron chi connectivity index (χ4n) is 7.57. The molecule has 9 heteroatoms. The fourth-order valence-corrected chi connectivity index (χ4v) is 8.03. The van der Waals surface area contributed by atoms with Gasteiger partial charge in [-0.3, -0.25) is 14.4 Å². The second kappa shape index (κ2) is 11.9. The molecule has 1 spiro atoms. The van der Waals surface area contributed by atoms with Gasteiger partial charge < -0.3 is 25.2 Å². The summed E-state index contributed by atoms with van der Waals surface area (Å²) in [5, 5.41) is 6.33. The molecule has 4 aliphatic heterocycles. The van der Waals surface area contributed by atoms with Gasteiger partial charge in [0, 0.05) is 29.7 Å². The van der Waals surface area contributed by atoms with Crippen LogP contribution in [0, 0.1) is 11.8 Å². The first-order chi connectivity index (χ1) is 19.5. The molecule has 4 fully saturated rings. The molecule has 4 heterocycles. The third-order valence-electron chi connectivity index (χ3n) is 9.57. The normalized spacial score (nSPS) is 32.2. The minimum Gasteiger partial charge on any atom is -0.359 e. The van der Waals surface area contributed by atoms with Crippen LogP contribution in [-0.2, 0) is 19.1 Å². The van der Waals surface area contributed by atoms with E-state index in [2.05, 4.69) is 15.5 Å². The highest BCUT2D eigenvalue weighted by Gasteiger charge is 2.72. The summed E-state index contributed by atoms with van der Waals surface area (Å²) in [6, 6.07) is 7.07. The average molecular weight is 567 g/mol. The quantitative estimate of drug-likeness (QED) is 0.367. The molecular formula is C31H42N4O4S. The minimum absolute atomic E-state index is 0.129. The van der Waals surface area contributed by atoms with Gasteiger partial charge in [-0.1, -0.05) is 50.3 Å². The van der Waals surface area contributed by atoms with E-state index < -0.39 is 29.6 Å². The van der Waals surface area contributed by atoms with Crippen LogP contribution in [0.2, 0.25) is 0 Å². The molecule has 3 amide bonds. The zero-order chi connectivity index (χ0) is 27.7. The van der Waals surface area contributed by atoms with Crippen molar-refractivity contribution in [2.24, 2.45) is 11.8 Å². The van der Waals surface area contributed by atoms with Crippen LogP contribution in [-0.4, -0.2) is 83.7 Å². The number of hydrogen-bond acceptors (Lipinski definition) is 6. The highest BCUT2D eigenvalue weighted by Crippen LogP contribution is 2.55. The summed E-state index contributed by atoms with van der Waals surface area (Å²) in [7, 11) is 0. The van der Waals surface area contributed by atoms with Gasteiger partial charge in [-0.25, -0.2) is 0 Å². The second-order valence-electron chi connectivity index (χ2n) is 12.1. The molecule has 6 rings (SSSR count). The number of ether oxygens (including phenoxy) is 1. The molecule has 1 aromatic rings. The molecule has 8 nitrogen and oxygen atoms in total. The van der Waals surface area contributed by atoms with Crippen LogP contribution in [0.1, 0.15) is 57.8 Å². The zero-order valence-corrected chi connectivity index (χ0v) is 24.3. The van der Waals surface area contributed by atoms with Crippen LogP contribution in [0.3, 0.4) is 0 Å². The van der Waals surface area contributed by atoms with Gasteiger partial charge in [0.25, 0.3) is 0 Å². The van der Waals surface area contributed by atoms with Crippen LogP contribution in [0.4, 0.5) is 5.69 Å². The monoisotopic (exact) mass is 566 g/mol. The molecular weight excluding hydrogens is 524 g/mol. The molecule has 1 saturated carbocycles. The number of hydrogen-bond donors (Lipinski definition) is 2. The Morgan fingerprint density at radius 3 is 2.52 bits per heavy atom. The first-order valence-electron chi connectivity index (χ1n) is 15.2. The van der Waals surface area contributed by atoms with E-state index in [9.17, 15) is 14.4 Å². The molecule has 40 heavy (non-hydrogen) atoms. The molecule has 3 saturated heterocycles. The van der Waals surface area contributed by atoms with E-state index in [1.54, 1.807) is 16.7 Å². The van der Waals surface area contributed by atoms with Gasteiger partial charge in [-0.2, -0.15) is 0 Å². The Balaban J connectivity index is 1.26. The number of likely N-dealkylation sites (tertiary alicyclic amines) is 2. The highest BCUT2D eigenvalue weighted by atomic mass is 32.2. The Morgan fingerprint density at radius 2 is 1.77 bits per heavy atom. The van der Waals surface area contributed by atoms with Crippen molar-refractivity contribution in [3.8, 4) is 0 Å². The lowest BCUT2D eigenvalue weighted by Gasteiger charge is -2.35. The molecule has 0 aromatic heterocycles. The number of nitrogens with zero attached hydrogens (tertiary/aromatic N) is 2. The highest BCUT2D eigenvalue weighted by molar-refractivity contribution is 7.98. The van der Waals surface area contributed by atoms with Crippen LogP contribution >= 0.6 is 11.8 Å². The molecule has 5 aliphatic rings. The van der Waals surface area contributed by atoms with E-state index >= 15 is 0 Å². The third kappa shape index (κ3) is 5.21. The van der Waals surface area contributed by atoms with Crippen LogP contribution in [0.5, 0.6) is 0 Å². The van der Waals surface area contributed by atoms with Crippen LogP contribution < -0.4 is 10.6 Å². The van der Waals surface area contributed by atoms with Crippen molar-refractivity contribution >= 4 is 35.2 Å². The van der Waals surface area contributed by atoms with Crippen molar-refractivity contribution in [3.05, 3.63) is 36.4 Å². The van der Waals surface area contributed by atoms with Gasteiger partial charge in [0.15, 0.2) is 0 Å². The second-order valence-corrected chi connectivity index (χ2v) is 12.9.